The molecule has 0 aliphatic rings. The van der Waals surface area contributed by atoms with Crippen molar-refractivity contribution in [1.29, 1.82) is 0 Å². The molecule has 0 unspecified atom stereocenters. The van der Waals surface area contributed by atoms with Crippen molar-refractivity contribution in [2.24, 2.45) is 0 Å². The standard InChI is InChI=1S/C12H16O5S/c1-10-5-7-11(8-6-10)18(14,15)17-9-3-4-12(13)16-2/h5-8H,3-4,9H2,1-2H3. The average molecular weight is 272 g/mol. The van der Waals surface area contributed by atoms with Crippen LogP contribution in [0.1, 0.15) is 18.4 Å². The lowest BCUT2D eigenvalue weighted by molar-refractivity contribution is -0.140. The van der Waals surface area contributed by atoms with Gasteiger partial charge in [-0.25, -0.2) is 0 Å². The van der Waals surface area contributed by atoms with Crippen LogP contribution in [0.4, 0.5) is 0 Å². The van der Waals surface area contributed by atoms with E-state index in [4.69, 9.17) is 4.18 Å². The number of carbonyl (C=O) groups is 1. The predicted molar refractivity (Wildman–Crippen MR) is 65.6 cm³/mol. The van der Waals surface area contributed by atoms with Crippen LogP contribution in [-0.4, -0.2) is 28.1 Å². The Bertz CT molecular complexity index is 490. The number of ether oxygens (including phenoxy) is 1. The zero-order valence-corrected chi connectivity index (χ0v) is 11.2. The van der Waals surface area contributed by atoms with Gasteiger partial charge in [-0.05, 0) is 25.5 Å². The summed E-state index contributed by atoms with van der Waals surface area (Å²) in [5.74, 6) is -0.383. The molecule has 100 valence electrons. The normalized spacial score (nSPS) is 11.2. The lowest BCUT2D eigenvalue weighted by Gasteiger charge is -2.05. The number of aryl methyl sites for hydroxylation is 1. The molecule has 1 aromatic rings. The lowest BCUT2D eigenvalue weighted by atomic mass is 10.2. The smallest absolute Gasteiger partial charge is 0.305 e. The molecule has 0 spiro atoms. The van der Waals surface area contributed by atoms with Gasteiger partial charge in [-0.1, -0.05) is 17.7 Å². The molecule has 0 N–H and O–H groups in total. The third kappa shape index (κ3) is 4.46. The van der Waals surface area contributed by atoms with Gasteiger partial charge in [0.05, 0.1) is 18.6 Å². The SMILES string of the molecule is COC(=O)CCCOS(=O)(=O)c1ccc(C)cc1. The highest BCUT2D eigenvalue weighted by Gasteiger charge is 2.14. The van der Waals surface area contributed by atoms with Crippen LogP contribution in [0.5, 0.6) is 0 Å². The van der Waals surface area contributed by atoms with Gasteiger partial charge in [-0.2, -0.15) is 8.42 Å². The number of hydrogen-bond acceptors (Lipinski definition) is 5. The van der Waals surface area contributed by atoms with Crippen molar-refractivity contribution in [1.82, 2.24) is 0 Å². The molecule has 0 fully saturated rings. The minimum atomic E-state index is -3.73. The molecule has 6 heteroatoms. The van der Waals surface area contributed by atoms with Gasteiger partial charge in [0.2, 0.25) is 0 Å². The molecular formula is C12H16O5S. The second-order valence-electron chi connectivity index (χ2n) is 3.77. The molecule has 18 heavy (non-hydrogen) atoms. The van der Waals surface area contributed by atoms with Crippen LogP contribution in [0, 0.1) is 6.92 Å². The van der Waals surface area contributed by atoms with E-state index in [0.717, 1.165) is 5.56 Å². The fourth-order valence-corrected chi connectivity index (χ4v) is 2.20. The number of benzene rings is 1. The maximum atomic E-state index is 11.7. The van der Waals surface area contributed by atoms with Crippen LogP contribution in [-0.2, 0) is 23.8 Å². The second-order valence-corrected chi connectivity index (χ2v) is 5.38. The first-order chi connectivity index (χ1) is 8.45. The molecule has 0 aromatic heterocycles. The molecule has 0 bridgehead atoms. The molecule has 0 radical (unpaired) electrons. The molecule has 0 aliphatic carbocycles. The highest BCUT2D eigenvalue weighted by Crippen LogP contribution is 2.13. The van der Waals surface area contributed by atoms with Crippen molar-refractivity contribution < 1.29 is 22.1 Å². The van der Waals surface area contributed by atoms with Gasteiger partial charge in [-0.15, -0.1) is 0 Å². The summed E-state index contributed by atoms with van der Waals surface area (Å²) in [5, 5.41) is 0. The monoisotopic (exact) mass is 272 g/mol. The first kappa shape index (κ1) is 14.7. The zero-order valence-electron chi connectivity index (χ0n) is 10.4. The Hall–Kier alpha value is -1.40. The molecule has 0 atom stereocenters. The van der Waals surface area contributed by atoms with Crippen LogP contribution < -0.4 is 0 Å². The van der Waals surface area contributed by atoms with Crippen molar-refractivity contribution in [2.45, 2.75) is 24.7 Å². The van der Waals surface area contributed by atoms with E-state index in [-0.39, 0.29) is 23.9 Å². The molecule has 0 aliphatic heterocycles. The van der Waals surface area contributed by atoms with Crippen LogP contribution in [0.25, 0.3) is 0 Å². The summed E-state index contributed by atoms with van der Waals surface area (Å²) in [7, 11) is -2.45. The Morgan fingerprint density at radius 1 is 1.22 bits per heavy atom. The third-order valence-corrected chi connectivity index (χ3v) is 3.63. The van der Waals surface area contributed by atoms with Crippen molar-refractivity contribution in [2.75, 3.05) is 13.7 Å². The van der Waals surface area contributed by atoms with Gasteiger partial charge >= 0.3 is 5.97 Å². The fourth-order valence-electron chi connectivity index (χ4n) is 1.26. The van der Waals surface area contributed by atoms with Crippen molar-refractivity contribution in [3.63, 3.8) is 0 Å². The van der Waals surface area contributed by atoms with E-state index in [1.165, 1.54) is 19.2 Å². The lowest BCUT2D eigenvalue weighted by Crippen LogP contribution is -2.09. The number of methoxy groups -OCH3 is 1. The fraction of sp³-hybridized carbons (Fsp3) is 0.417. The molecular weight excluding hydrogens is 256 g/mol. The topological polar surface area (TPSA) is 69.7 Å². The molecule has 0 saturated carbocycles. The van der Waals surface area contributed by atoms with Gasteiger partial charge < -0.3 is 4.74 Å². The van der Waals surface area contributed by atoms with Crippen LogP contribution in [0.15, 0.2) is 29.2 Å². The molecule has 0 saturated heterocycles. The van der Waals surface area contributed by atoms with E-state index in [1.807, 2.05) is 6.92 Å². The first-order valence-electron chi connectivity index (χ1n) is 5.48. The maximum absolute atomic E-state index is 11.7. The highest BCUT2D eigenvalue weighted by molar-refractivity contribution is 7.86. The van der Waals surface area contributed by atoms with Gasteiger partial charge in [0.1, 0.15) is 0 Å². The predicted octanol–water partition coefficient (Wildman–Crippen LogP) is 1.65. The van der Waals surface area contributed by atoms with E-state index in [9.17, 15) is 13.2 Å². The largest absolute Gasteiger partial charge is 0.469 e. The Morgan fingerprint density at radius 2 is 1.83 bits per heavy atom. The Balaban J connectivity index is 2.50. The van der Waals surface area contributed by atoms with Crippen LogP contribution in [0.3, 0.4) is 0 Å². The summed E-state index contributed by atoms with van der Waals surface area (Å²) in [4.78, 5) is 10.9. The van der Waals surface area contributed by atoms with E-state index in [2.05, 4.69) is 4.74 Å². The summed E-state index contributed by atoms with van der Waals surface area (Å²) in [6.07, 6.45) is 0.442. The van der Waals surface area contributed by atoms with Crippen LogP contribution in [0.2, 0.25) is 0 Å². The second kappa shape index (κ2) is 6.51. The van der Waals surface area contributed by atoms with E-state index in [0.29, 0.717) is 6.42 Å². The number of hydrogen-bond donors (Lipinski definition) is 0. The van der Waals surface area contributed by atoms with Gasteiger partial charge in [0.15, 0.2) is 0 Å². The van der Waals surface area contributed by atoms with E-state index in [1.54, 1.807) is 12.1 Å². The minimum Gasteiger partial charge on any atom is -0.469 e. The number of carbonyl (C=O) groups excluding carboxylic acids is 1. The molecule has 0 amide bonds. The summed E-state index contributed by atoms with van der Waals surface area (Å²) in [6.45, 7) is 1.83. The highest BCUT2D eigenvalue weighted by atomic mass is 32.2. The molecule has 1 rings (SSSR count). The third-order valence-electron chi connectivity index (χ3n) is 2.30. The minimum absolute atomic E-state index is 0.0364. The van der Waals surface area contributed by atoms with Gasteiger partial charge in [0, 0.05) is 6.42 Å². The quantitative estimate of drug-likeness (QED) is 0.447. The zero-order chi connectivity index (χ0) is 13.6. The van der Waals surface area contributed by atoms with Crippen molar-refractivity contribution >= 4 is 16.1 Å². The number of rotatable bonds is 6. The Labute approximate surface area is 107 Å². The van der Waals surface area contributed by atoms with E-state index < -0.39 is 10.1 Å². The average Bonchev–Trinajstić information content (AvgIpc) is 2.35. The summed E-state index contributed by atoms with van der Waals surface area (Å²) in [5.41, 5.74) is 0.972. The molecule has 5 nitrogen and oxygen atoms in total. The molecule has 1 aromatic carbocycles. The summed E-state index contributed by atoms with van der Waals surface area (Å²) >= 11 is 0. The summed E-state index contributed by atoms with van der Waals surface area (Å²) in [6, 6.07) is 6.38. The van der Waals surface area contributed by atoms with Crippen LogP contribution >= 0.6 is 0 Å². The molecule has 0 heterocycles. The maximum Gasteiger partial charge on any atom is 0.305 e. The number of esters is 1. The van der Waals surface area contributed by atoms with Gasteiger partial charge in [-0.3, -0.25) is 8.98 Å². The van der Waals surface area contributed by atoms with Crippen molar-refractivity contribution in [3.8, 4) is 0 Å². The van der Waals surface area contributed by atoms with Crippen molar-refractivity contribution in [3.05, 3.63) is 29.8 Å². The van der Waals surface area contributed by atoms with Gasteiger partial charge in [0.25, 0.3) is 10.1 Å². The first-order valence-corrected chi connectivity index (χ1v) is 6.89. The van der Waals surface area contributed by atoms with E-state index >= 15 is 0 Å². The Morgan fingerprint density at radius 3 is 2.39 bits per heavy atom. The Kier molecular flexibility index (Phi) is 5.30. The summed E-state index contributed by atoms with van der Waals surface area (Å²) < 4.78 is 32.7.